The summed E-state index contributed by atoms with van der Waals surface area (Å²) in [5, 5.41) is 0.207. The van der Waals surface area contributed by atoms with Crippen molar-refractivity contribution >= 4 is 10.9 Å². The van der Waals surface area contributed by atoms with Gasteiger partial charge in [0.1, 0.15) is 0 Å². The lowest BCUT2D eigenvalue weighted by atomic mass is 10.1. The molecule has 0 aliphatic rings. The van der Waals surface area contributed by atoms with Gasteiger partial charge in [0.2, 0.25) is 0 Å². The van der Waals surface area contributed by atoms with Gasteiger partial charge in [-0.1, -0.05) is 6.07 Å². The van der Waals surface area contributed by atoms with Crippen LogP contribution in [0.4, 0.5) is 13.2 Å². The predicted molar refractivity (Wildman–Crippen MR) is 56.1 cm³/mol. The molecule has 0 radical (unpaired) electrons. The third-order valence-electron chi connectivity index (χ3n) is 2.44. The van der Waals surface area contributed by atoms with Gasteiger partial charge in [0, 0.05) is 16.6 Å². The summed E-state index contributed by atoms with van der Waals surface area (Å²) < 4.78 is 38.0. The highest BCUT2D eigenvalue weighted by molar-refractivity contribution is 5.84. The fraction of sp³-hybridized carbons (Fsp3) is 0.273. The molecule has 0 aliphatic heterocycles. The Morgan fingerprint density at radius 2 is 2.00 bits per heavy atom. The van der Waals surface area contributed by atoms with E-state index < -0.39 is 11.7 Å². The number of alkyl halides is 3. The second kappa shape index (κ2) is 3.83. The third-order valence-corrected chi connectivity index (χ3v) is 2.44. The first-order valence-corrected chi connectivity index (χ1v) is 4.90. The Morgan fingerprint density at radius 1 is 1.25 bits per heavy atom. The molecule has 3 N–H and O–H groups in total. The lowest BCUT2D eigenvalue weighted by Crippen LogP contribution is -2.04. The molecule has 0 spiro atoms. The second-order valence-corrected chi connectivity index (χ2v) is 3.60. The molecule has 2 nitrogen and oxygen atoms in total. The maximum atomic E-state index is 12.7. The SMILES string of the molecule is NCCc1cc2c(C(F)(F)F)cccc2[nH]1. The van der Waals surface area contributed by atoms with E-state index in [1.165, 1.54) is 12.1 Å². The Kier molecular flexibility index (Phi) is 2.63. The molecule has 0 bridgehead atoms. The number of nitrogens with one attached hydrogen (secondary N) is 1. The van der Waals surface area contributed by atoms with E-state index in [4.69, 9.17) is 5.73 Å². The molecule has 1 heterocycles. The lowest BCUT2D eigenvalue weighted by molar-refractivity contribution is -0.136. The molecular weight excluding hydrogens is 217 g/mol. The minimum absolute atomic E-state index is 0.207. The average molecular weight is 228 g/mol. The maximum absolute atomic E-state index is 12.7. The van der Waals surface area contributed by atoms with Crippen molar-refractivity contribution in [3.8, 4) is 0 Å². The number of hydrogen-bond acceptors (Lipinski definition) is 1. The van der Waals surface area contributed by atoms with Gasteiger partial charge in [-0.05, 0) is 31.2 Å². The van der Waals surface area contributed by atoms with Crippen LogP contribution in [-0.4, -0.2) is 11.5 Å². The molecule has 0 amide bonds. The van der Waals surface area contributed by atoms with Gasteiger partial charge in [-0.2, -0.15) is 13.2 Å². The first kappa shape index (κ1) is 11.0. The fourth-order valence-corrected chi connectivity index (χ4v) is 1.75. The number of H-pyrrole nitrogens is 1. The van der Waals surface area contributed by atoms with Gasteiger partial charge in [-0.15, -0.1) is 0 Å². The average Bonchev–Trinajstić information content (AvgIpc) is 2.58. The van der Waals surface area contributed by atoms with Crippen LogP contribution < -0.4 is 5.73 Å². The zero-order valence-electron chi connectivity index (χ0n) is 8.43. The fourth-order valence-electron chi connectivity index (χ4n) is 1.75. The van der Waals surface area contributed by atoms with E-state index >= 15 is 0 Å². The smallest absolute Gasteiger partial charge is 0.358 e. The number of rotatable bonds is 2. The van der Waals surface area contributed by atoms with Crippen molar-refractivity contribution in [3.05, 3.63) is 35.5 Å². The highest BCUT2D eigenvalue weighted by atomic mass is 19.4. The molecular formula is C11H11F3N2. The van der Waals surface area contributed by atoms with Gasteiger partial charge in [-0.25, -0.2) is 0 Å². The molecule has 2 rings (SSSR count). The first-order valence-electron chi connectivity index (χ1n) is 4.90. The topological polar surface area (TPSA) is 41.8 Å². The molecule has 0 unspecified atom stereocenters. The van der Waals surface area contributed by atoms with E-state index in [1.807, 2.05) is 0 Å². The zero-order valence-corrected chi connectivity index (χ0v) is 8.43. The third kappa shape index (κ3) is 1.90. The van der Waals surface area contributed by atoms with Gasteiger partial charge in [-0.3, -0.25) is 0 Å². The molecule has 5 heteroatoms. The van der Waals surface area contributed by atoms with Crippen LogP contribution in [0.1, 0.15) is 11.3 Å². The Morgan fingerprint density at radius 3 is 2.62 bits per heavy atom. The minimum atomic E-state index is -4.32. The molecule has 0 aliphatic carbocycles. The Bertz CT molecular complexity index is 499. The largest absolute Gasteiger partial charge is 0.417 e. The van der Waals surface area contributed by atoms with Crippen LogP contribution in [0.25, 0.3) is 10.9 Å². The number of halogens is 3. The number of hydrogen-bond donors (Lipinski definition) is 2. The Labute approximate surface area is 90.3 Å². The molecule has 2 aromatic rings. The van der Waals surface area contributed by atoms with E-state index in [0.717, 1.165) is 11.8 Å². The number of benzene rings is 1. The van der Waals surface area contributed by atoms with Gasteiger partial charge in [0.25, 0.3) is 0 Å². The molecule has 1 aromatic heterocycles. The molecule has 0 atom stereocenters. The zero-order chi connectivity index (χ0) is 11.8. The molecule has 0 fully saturated rings. The minimum Gasteiger partial charge on any atom is -0.358 e. The Balaban J connectivity index is 2.59. The quantitative estimate of drug-likeness (QED) is 0.815. The first-order chi connectivity index (χ1) is 7.52. The van der Waals surface area contributed by atoms with E-state index in [0.29, 0.717) is 18.5 Å². The van der Waals surface area contributed by atoms with Gasteiger partial charge in [0.05, 0.1) is 5.56 Å². The molecule has 0 saturated heterocycles. The van der Waals surface area contributed by atoms with Gasteiger partial charge >= 0.3 is 6.18 Å². The van der Waals surface area contributed by atoms with Crippen molar-refractivity contribution in [2.24, 2.45) is 5.73 Å². The van der Waals surface area contributed by atoms with Crippen molar-refractivity contribution in [1.82, 2.24) is 4.98 Å². The molecule has 86 valence electrons. The number of fused-ring (bicyclic) bond motifs is 1. The van der Waals surface area contributed by atoms with Crippen LogP contribution in [0.2, 0.25) is 0 Å². The number of nitrogens with two attached hydrogens (primary N) is 1. The van der Waals surface area contributed by atoms with Crippen molar-refractivity contribution < 1.29 is 13.2 Å². The van der Waals surface area contributed by atoms with E-state index in [1.54, 1.807) is 6.07 Å². The van der Waals surface area contributed by atoms with Crippen LogP contribution in [0, 0.1) is 0 Å². The molecule has 16 heavy (non-hydrogen) atoms. The van der Waals surface area contributed by atoms with Crippen molar-refractivity contribution in [2.75, 3.05) is 6.54 Å². The summed E-state index contributed by atoms with van der Waals surface area (Å²) in [6, 6.07) is 5.63. The van der Waals surface area contributed by atoms with E-state index in [-0.39, 0.29) is 5.39 Å². The summed E-state index contributed by atoms with van der Waals surface area (Å²) >= 11 is 0. The summed E-state index contributed by atoms with van der Waals surface area (Å²) in [5.41, 5.74) is 5.99. The summed E-state index contributed by atoms with van der Waals surface area (Å²) in [4.78, 5) is 2.93. The summed E-state index contributed by atoms with van der Waals surface area (Å²) in [6.45, 7) is 0.411. The highest BCUT2D eigenvalue weighted by Gasteiger charge is 2.32. The number of aromatic amines is 1. The predicted octanol–water partition coefficient (Wildman–Crippen LogP) is 2.69. The van der Waals surface area contributed by atoms with Crippen LogP contribution in [0.15, 0.2) is 24.3 Å². The molecule has 1 aromatic carbocycles. The van der Waals surface area contributed by atoms with Crippen molar-refractivity contribution in [3.63, 3.8) is 0 Å². The van der Waals surface area contributed by atoms with Gasteiger partial charge in [0.15, 0.2) is 0 Å². The van der Waals surface area contributed by atoms with Crippen LogP contribution in [-0.2, 0) is 12.6 Å². The van der Waals surface area contributed by atoms with Crippen molar-refractivity contribution in [2.45, 2.75) is 12.6 Å². The van der Waals surface area contributed by atoms with E-state index in [9.17, 15) is 13.2 Å². The second-order valence-electron chi connectivity index (χ2n) is 3.60. The Hall–Kier alpha value is -1.49. The van der Waals surface area contributed by atoms with Gasteiger partial charge < -0.3 is 10.7 Å². The van der Waals surface area contributed by atoms with Crippen molar-refractivity contribution in [1.29, 1.82) is 0 Å². The highest BCUT2D eigenvalue weighted by Crippen LogP contribution is 2.34. The number of aromatic nitrogens is 1. The normalized spacial score (nSPS) is 12.2. The maximum Gasteiger partial charge on any atom is 0.417 e. The van der Waals surface area contributed by atoms with Crippen LogP contribution >= 0.6 is 0 Å². The monoisotopic (exact) mass is 228 g/mol. The summed E-state index contributed by atoms with van der Waals surface area (Å²) in [7, 11) is 0. The standard InChI is InChI=1S/C11H11F3N2/c12-11(13,14)9-2-1-3-10-8(9)6-7(16-10)4-5-15/h1-3,6,16H,4-5,15H2. The van der Waals surface area contributed by atoms with Crippen LogP contribution in [0.5, 0.6) is 0 Å². The van der Waals surface area contributed by atoms with Crippen LogP contribution in [0.3, 0.4) is 0 Å². The summed E-state index contributed by atoms with van der Waals surface area (Å²) in [6.07, 6.45) is -3.77. The van der Waals surface area contributed by atoms with E-state index in [2.05, 4.69) is 4.98 Å². The lowest BCUT2D eigenvalue weighted by Gasteiger charge is -2.06. The molecule has 0 saturated carbocycles. The summed E-state index contributed by atoms with van der Waals surface area (Å²) in [5.74, 6) is 0.